The number of aromatic nitrogens is 2. The molecule has 2 nitrogen and oxygen atoms in total. The van der Waals surface area contributed by atoms with Crippen LogP contribution in [0.3, 0.4) is 0 Å². The Morgan fingerprint density at radius 3 is 2.54 bits per heavy atom. The van der Waals surface area contributed by atoms with Crippen molar-refractivity contribution in [1.82, 2.24) is 9.97 Å². The zero-order chi connectivity index (χ0) is 9.59. The van der Waals surface area contributed by atoms with Crippen molar-refractivity contribution >= 4 is 34.2 Å². The quantitative estimate of drug-likeness (QED) is 0.534. The molecular formula is C9H10N2S2. The fourth-order valence-electron chi connectivity index (χ4n) is 1.44. The summed E-state index contributed by atoms with van der Waals surface area (Å²) in [6.07, 6.45) is 0. The van der Waals surface area contributed by atoms with E-state index in [0.717, 1.165) is 10.5 Å². The molecule has 0 fully saturated rings. The van der Waals surface area contributed by atoms with Gasteiger partial charge in [0.15, 0.2) is 5.16 Å². The molecule has 0 aliphatic heterocycles. The van der Waals surface area contributed by atoms with Gasteiger partial charge in [-0.05, 0) is 26.3 Å². The Bertz CT molecular complexity index is 474. The van der Waals surface area contributed by atoms with Crippen molar-refractivity contribution in [2.24, 2.45) is 0 Å². The Morgan fingerprint density at radius 2 is 1.85 bits per heavy atom. The van der Waals surface area contributed by atoms with E-state index in [1.165, 1.54) is 15.8 Å². The van der Waals surface area contributed by atoms with Gasteiger partial charge in [0.25, 0.3) is 0 Å². The number of rotatable bonds is 0. The van der Waals surface area contributed by atoms with Crippen molar-refractivity contribution in [2.75, 3.05) is 0 Å². The maximum atomic E-state index is 4.29. The second-order valence-corrected chi connectivity index (χ2v) is 4.68. The fourth-order valence-corrected chi connectivity index (χ4v) is 2.83. The first-order valence-corrected chi connectivity index (χ1v) is 5.29. The van der Waals surface area contributed by atoms with Crippen LogP contribution >= 0.6 is 24.0 Å². The summed E-state index contributed by atoms with van der Waals surface area (Å²) in [7, 11) is 0. The molecule has 0 bridgehead atoms. The Hall–Kier alpha value is -0.610. The predicted octanol–water partition coefficient (Wildman–Crippen LogP) is 2.91. The van der Waals surface area contributed by atoms with Gasteiger partial charge in [-0.25, -0.2) is 9.97 Å². The lowest BCUT2D eigenvalue weighted by molar-refractivity contribution is 0.981. The van der Waals surface area contributed by atoms with Crippen molar-refractivity contribution in [3.8, 4) is 0 Å². The first kappa shape index (κ1) is 8.97. The normalized spacial score (nSPS) is 11.1. The average Bonchev–Trinajstić information content (AvgIpc) is 2.27. The van der Waals surface area contributed by atoms with Crippen LogP contribution in [0.2, 0.25) is 0 Å². The zero-order valence-electron chi connectivity index (χ0n) is 7.75. The first-order chi connectivity index (χ1) is 6.09. The SMILES string of the molecule is Cc1sc2nc(S)nc(C)c2c1C. The molecular weight excluding hydrogens is 200 g/mol. The molecule has 2 rings (SSSR count). The van der Waals surface area contributed by atoms with Gasteiger partial charge in [-0.15, -0.1) is 24.0 Å². The minimum Gasteiger partial charge on any atom is -0.227 e. The van der Waals surface area contributed by atoms with Gasteiger partial charge in [0.1, 0.15) is 4.83 Å². The third kappa shape index (κ3) is 1.34. The third-order valence-corrected chi connectivity index (χ3v) is 3.50. The van der Waals surface area contributed by atoms with Gasteiger partial charge in [0, 0.05) is 10.3 Å². The summed E-state index contributed by atoms with van der Waals surface area (Å²) in [5, 5.41) is 1.76. The Labute approximate surface area is 86.4 Å². The van der Waals surface area contributed by atoms with Gasteiger partial charge in [-0.1, -0.05) is 0 Å². The van der Waals surface area contributed by atoms with E-state index in [4.69, 9.17) is 0 Å². The van der Waals surface area contributed by atoms with Gasteiger partial charge in [-0.2, -0.15) is 0 Å². The molecule has 0 aromatic carbocycles. The molecule has 4 heteroatoms. The highest BCUT2D eigenvalue weighted by atomic mass is 32.1. The van der Waals surface area contributed by atoms with Crippen molar-refractivity contribution in [3.05, 3.63) is 16.1 Å². The van der Waals surface area contributed by atoms with Gasteiger partial charge < -0.3 is 0 Å². The highest BCUT2D eigenvalue weighted by Gasteiger charge is 2.09. The molecule has 13 heavy (non-hydrogen) atoms. The number of thiophene rings is 1. The average molecular weight is 210 g/mol. The molecule has 0 saturated carbocycles. The minimum atomic E-state index is 0.561. The number of hydrogen-bond donors (Lipinski definition) is 1. The number of thiol groups is 1. The van der Waals surface area contributed by atoms with Gasteiger partial charge in [-0.3, -0.25) is 0 Å². The van der Waals surface area contributed by atoms with Crippen LogP contribution in [0, 0.1) is 20.8 Å². The van der Waals surface area contributed by atoms with Gasteiger partial charge in [0.05, 0.1) is 5.69 Å². The fraction of sp³-hybridized carbons (Fsp3) is 0.333. The Balaban J connectivity index is 2.94. The van der Waals surface area contributed by atoms with Gasteiger partial charge >= 0.3 is 0 Å². The van der Waals surface area contributed by atoms with Crippen LogP contribution in [0.1, 0.15) is 16.1 Å². The van der Waals surface area contributed by atoms with E-state index < -0.39 is 0 Å². The van der Waals surface area contributed by atoms with Crippen LogP contribution in [0.4, 0.5) is 0 Å². The summed E-state index contributed by atoms with van der Waals surface area (Å²) < 4.78 is 0. The van der Waals surface area contributed by atoms with Crippen LogP contribution in [0.25, 0.3) is 10.2 Å². The molecule has 2 aromatic heterocycles. The van der Waals surface area contributed by atoms with E-state index in [-0.39, 0.29) is 0 Å². The second-order valence-electron chi connectivity index (χ2n) is 3.07. The molecule has 0 saturated heterocycles. The molecule has 0 aliphatic rings. The molecule has 0 amide bonds. The predicted molar refractivity (Wildman–Crippen MR) is 58.9 cm³/mol. The maximum absolute atomic E-state index is 4.29. The van der Waals surface area contributed by atoms with Crippen LogP contribution < -0.4 is 0 Å². The van der Waals surface area contributed by atoms with Crippen molar-refractivity contribution < 1.29 is 0 Å². The lowest BCUT2D eigenvalue weighted by Crippen LogP contribution is -1.88. The Morgan fingerprint density at radius 1 is 1.15 bits per heavy atom. The standard InChI is InChI=1S/C9H10N2S2/c1-4-6(3)13-8-7(4)5(2)10-9(12)11-8/h1-3H3,(H,10,11,12). The lowest BCUT2D eigenvalue weighted by Gasteiger charge is -1.97. The molecule has 2 heterocycles. The number of aryl methyl sites for hydroxylation is 3. The molecule has 0 radical (unpaired) electrons. The summed E-state index contributed by atoms with van der Waals surface area (Å²) >= 11 is 5.86. The topological polar surface area (TPSA) is 25.8 Å². The largest absolute Gasteiger partial charge is 0.227 e. The lowest BCUT2D eigenvalue weighted by atomic mass is 10.2. The van der Waals surface area contributed by atoms with Crippen LogP contribution in [0.15, 0.2) is 5.16 Å². The molecule has 0 spiro atoms. The summed E-state index contributed by atoms with van der Waals surface area (Å²) in [6, 6.07) is 0. The van der Waals surface area contributed by atoms with Crippen LogP contribution in [0.5, 0.6) is 0 Å². The smallest absolute Gasteiger partial charge is 0.186 e. The van der Waals surface area contributed by atoms with Gasteiger partial charge in [0.2, 0.25) is 0 Å². The molecule has 0 N–H and O–H groups in total. The van der Waals surface area contributed by atoms with E-state index in [1.54, 1.807) is 11.3 Å². The monoisotopic (exact) mass is 210 g/mol. The zero-order valence-corrected chi connectivity index (χ0v) is 9.46. The number of nitrogens with zero attached hydrogens (tertiary/aromatic N) is 2. The van der Waals surface area contributed by atoms with Crippen molar-refractivity contribution in [3.63, 3.8) is 0 Å². The second kappa shape index (κ2) is 2.96. The number of fused-ring (bicyclic) bond motifs is 1. The summed E-state index contributed by atoms with van der Waals surface area (Å²) in [4.78, 5) is 10.9. The highest BCUT2D eigenvalue weighted by molar-refractivity contribution is 7.80. The minimum absolute atomic E-state index is 0.561. The third-order valence-electron chi connectivity index (χ3n) is 2.20. The molecule has 2 aromatic rings. The summed E-state index contributed by atoms with van der Waals surface area (Å²) in [5.41, 5.74) is 2.32. The highest BCUT2D eigenvalue weighted by Crippen LogP contribution is 2.30. The molecule has 0 atom stereocenters. The number of hydrogen-bond acceptors (Lipinski definition) is 4. The summed E-state index contributed by atoms with van der Waals surface area (Å²) in [5.74, 6) is 0. The van der Waals surface area contributed by atoms with E-state index in [1.807, 2.05) is 6.92 Å². The molecule has 0 aliphatic carbocycles. The molecule has 0 unspecified atom stereocenters. The van der Waals surface area contributed by atoms with E-state index >= 15 is 0 Å². The maximum Gasteiger partial charge on any atom is 0.186 e. The summed E-state index contributed by atoms with van der Waals surface area (Å²) in [6.45, 7) is 6.23. The molecule has 68 valence electrons. The first-order valence-electron chi connectivity index (χ1n) is 4.03. The van der Waals surface area contributed by atoms with Crippen molar-refractivity contribution in [1.29, 1.82) is 0 Å². The van der Waals surface area contributed by atoms with E-state index in [2.05, 4.69) is 36.4 Å². The van der Waals surface area contributed by atoms with E-state index in [9.17, 15) is 0 Å². The van der Waals surface area contributed by atoms with Crippen LogP contribution in [-0.2, 0) is 0 Å². The Kier molecular flexibility index (Phi) is 2.04. The van der Waals surface area contributed by atoms with Crippen molar-refractivity contribution in [2.45, 2.75) is 25.9 Å². The van der Waals surface area contributed by atoms with Crippen LogP contribution in [-0.4, -0.2) is 9.97 Å². The van der Waals surface area contributed by atoms with E-state index in [0.29, 0.717) is 5.16 Å².